The number of aliphatic hydroxyl groups is 1. The van der Waals surface area contributed by atoms with Gasteiger partial charge < -0.3 is 10.2 Å². The van der Waals surface area contributed by atoms with Crippen LogP contribution in [0.2, 0.25) is 0 Å². The Bertz CT molecular complexity index is 615. The Morgan fingerprint density at radius 3 is 2.48 bits per heavy atom. The fourth-order valence-electron chi connectivity index (χ4n) is 1.77. The van der Waals surface area contributed by atoms with E-state index in [1.54, 1.807) is 0 Å². The van der Waals surface area contributed by atoms with E-state index in [1.807, 2.05) is 13.8 Å². The van der Waals surface area contributed by atoms with Crippen LogP contribution in [0.3, 0.4) is 0 Å². The Morgan fingerprint density at radius 2 is 2.00 bits per heavy atom. The average molecular weight is 380 g/mol. The molecule has 21 heavy (non-hydrogen) atoms. The molecule has 3 N–H and O–H groups in total. The number of aromatic carboxylic acids is 1. The lowest BCUT2D eigenvalue weighted by atomic mass is 10.0. The van der Waals surface area contributed by atoms with Crippen molar-refractivity contribution in [1.82, 2.24) is 4.72 Å². The van der Waals surface area contributed by atoms with Crippen LogP contribution in [-0.4, -0.2) is 37.2 Å². The number of carbonyl (C=O) groups is 1. The number of sulfonamides is 1. The molecule has 0 fully saturated rings. The van der Waals surface area contributed by atoms with Gasteiger partial charge in [-0.2, -0.15) is 0 Å². The van der Waals surface area contributed by atoms with Gasteiger partial charge in [0, 0.05) is 17.1 Å². The second-order valence-corrected chi connectivity index (χ2v) is 7.47. The molecule has 0 amide bonds. The number of benzene rings is 1. The molecule has 0 spiro atoms. The van der Waals surface area contributed by atoms with Gasteiger partial charge in [0.05, 0.1) is 10.5 Å². The Balaban J connectivity index is 3.18. The van der Waals surface area contributed by atoms with E-state index in [9.17, 15) is 13.2 Å². The smallest absolute Gasteiger partial charge is 0.335 e. The van der Waals surface area contributed by atoms with Crippen molar-refractivity contribution in [2.45, 2.75) is 31.2 Å². The molecular formula is C13H18BrNO5S. The standard InChI is InChI=1S/C13H18BrNO5S/c1-8(2)11(5-6-16)15-21(19,20)12-7-9(13(17)18)3-4-10(12)14/h3-4,7-8,11,15-16H,5-6H2,1-2H3,(H,17,18). The van der Waals surface area contributed by atoms with Crippen molar-refractivity contribution in [1.29, 1.82) is 0 Å². The number of hydrogen-bond acceptors (Lipinski definition) is 4. The van der Waals surface area contributed by atoms with Crippen LogP contribution in [0.15, 0.2) is 27.6 Å². The van der Waals surface area contributed by atoms with Gasteiger partial charge in [-0.15, -0.1) is 0 Å². The van der Waals surface area contributed by atoms with Gasteiger partial charge in [0.15, 0.2) is 0 Å². The van der Waals surface area contributed by atoms with Crippen LogP contribution in [0, 0.1) is 5.92 Å². The summed E-state index contributed by atoms with van der Waals surface area (Å²) >= 11 is 3.12. The van der Waals surface area contributed by atoms with E-state index < -0.39 is 22.0 Å². The Morgan fingerprint density at radius 1 is 1.38 bits per heavy atom. The van der Waals surface area contributed by atoms with Crippen molar-refractivity contribution in [2.24, 2.45) is 5.92 Å². The molecule has 0 heterocycles. The highest BCUT2D eigenvalue weighted by atomic mass is 79.9. The van der Waals surface area contributed by atoms with Gasteiger partial charge in [0.2, 0.25) is 10.0 Å². The predicted molar refractivity (Wildman–Crippen MR) is 81.8 cm³/mol. The van der Waals surface area contributed by atoms with Crippen molar-refractivity contribution >= 4 is 31.9 Å². The van der Waals surface area contributed by atoms with Crippen LogP contribution < -0.4 is 4.72 Å². The topological polar surface area (TPSA) is 104 Å². The average Bonchev–Trinajstić information content (AvgIpc) is 2.37. The van der Waals surface area contributed by atoms with Gasteiger partial charge in [-0.25, -0.2) is 17.9 Å². The molecule has 1 unspecified atom stereocenters. The summed E-state index contributed by atoms with van der Waals surface area (Å²) in [5, 5.41) is 18.0. The molecule has 118 valence electrons. The zero-order valence-electron chi connectivity index (χ0n) is 11.7. The minimum absolute atomic E-state index is 0.00615. The highest BCUT2D eigenvalue weighted by Gasteiger charge is 2.25. The van der Waals surface area contributed by atoms with Crippen molar-refractivity contribution in [3.05, 3.63) is 28.2 Å². The molecule has 0 saturated heterocycles. The minimum atomic E-state index is -3.88. The second kappa shape index (κ2) is 7.35. The van der Waals surface area contributed by atoms with Crippen LogP contribution in [0.5, 0.6) is 0 Å². The highest BCUT2D eigenvalue weighted by molar-refractivity contribution is 9.10. The Labute approximate surface area is 132 Å². The summed E-state index contributed by atoms with van der Waals surface area (Å²) in [5.41, 5.74) is -0.109. The van der Waals surface area contributed by atoms with Crippen LogP contribution in [0.25, 0.3) is 0 Å². The first-order valence-electron chi connectivity index (χ1n) is 6.35. The van der Waals surface area contributed by atoms with Crippen LogP contribution in [0.4, 0.5) is 0 Å². The Kier molecular flexibility index (Phi) is 6.33. The van der Waals surface area contributed by atoms with E-state index >= 15 is 0 Å². The molecule has 0 radical (unpaired) electrons. The van der Waals surface area contributed by atoms with Gasteiger partial charge in [0.1, 0.15) is 0 Å². The van der Waals surface area contributed by atoms with Crippen LogP contribution >= 0.6 is 15.9 Å². The number of carboxylic acid groups (broad SMARTS) is 1. The summed E-state index contributed by atoms with van der Waals surface area (Å²) in [6, 6.07) is 3.37. The lowest BCUT2D eigenvalue weighted by Gasteiger charge is -2.21. The second-order valence-electron chi connectivity index (χ2n) is 4.93. The Hall–Kier alpha value is -0.960. The zero-order valence-corrected chi connectivity index (χ0v) is 14.1. The number of hydrogen-bond donors (Lipinski definition) is 3. The fraction of sp³-hybridized carbons (Fsp3) is 0.462. The molecule has 1 rings (SSSR count). The lowest BCUT2D eigenvalue weighted by molar-refractivity contribution is 0.0696. The van der Waals surface area contributed by atoms with Crippen molar-refractivity contribution in [2.75, 3.05) is 6.61 Å². The highest BCUT2D eigenvalue weighted by Crippen LogP contribution is 2.24. The summed E-state index contributed by atoms with van der Waals surface area (Å²) in [6.07, 6.45) is 0.285. The van der Waals surface area contributed by atoms with Crippen molar-refractivity contribution in [3.8, 4) is 0 Å². The summed E-state index contributed by atoms with van der Waals surface area (Å²) in [7, 11) is -3.88. The van der Waals surface area contributed by atoms with E-state index in [0.29, 0.717) is 0 Å². The van der Waals surface area contributed by atoms with E-state index in [1.165, 1.54) is 12.1 Å². The fourth-order valence-corrected chi connectivity index (χ4v) is 4.18. The number of carboxylic acids is 1. The normalized spacial score (nSPS) is 13.4. The maximum Gasteiger partial charge on any atom is 0.335 e. The monoisotopic (exact) mass is 379 g/mol. The van der Waals surface area contributed by atoms with Gasteiger partial charge in [0.25, 0.3) is 0 Å². The predicted octanol–water partition coefficient (Wildman–Crippen LogP) is 1.83. The molecule has 0 aliphatic rings. The summed E-state index contributed by atoms with van der Waals surface area (Å²) in [5.74, 6) is -1.21. The molecule has 1 atom stereocenters. The third-order valence-electron chi connectivity index (χ3n) is 3.02. The van der Waals surface area contributed by atoms with Gasteiger partial charge in [-0.3, -0.25) is 0 Å². The molecule has 0 aliphatic heterocycles. The maximum absolute atomic E-state index is 12.4. The summed E-state index contributed by atoms with van der Waals surface area (Å²) in [6.45, 7) is 3.54. The number of aliphatic hydroxyl groups excluding tert-OH is 1. The molecule has 0 bridgehead atoms. The number of rotatable bonds is 7. The largest absolute Gasteiger partial charge is 0.478 e. The van der Waals surface area contributed by atoms with Crippen molar-refractivity contribution < 1.29 is 23.4 Å². The quantitative estimate of drug-likeness (QED) is 0.670. The lowest BCUT2D eigenvalue weighted by Crippen LogP contribution is -2.39. The first kappa shape index (κ1) is 18.1. The maximum atomic E-state index is 12.4. The molecule has 0 aliphatic carbocycles. The molecule has 0 aromatic heterocycles. The van der Waals surface area contributed by atoms with E-state index in [0.717, 1.165) is 6.07 Å². The molecule has 1 aromatic carbocycles. The third kappa shape index (κ3) is 4.77. The third-order valence-corrected chi connectivity index (χ3v) is 5.50. The number of halogens is 1. The summed E-state index contributed by atoms with van der Waals surface area (Å²) in [4.78, 5) is 10.8. The molecular weight excluding hydrogens is 362 g/mol. The molecule has 6 nitrogen and oxygen atoms in total. The van der Waals surface area contributed by atoms with Gasteiger partial charge in [-0.1, -0.05) is 13.8 Å². The molecule has 1 aromatic rings. The SMILES string of the molecule is CC(C)C(CCO)NS(=O)(=O)c1cc(C(=O)O)ccc1Br. The molecule has 8 heteroatoms. The minimum Gasteiger partial charge on any atom is -0.478 e. The molecule has 0 saturated carbocycles. The van der Waals surface area contributed by atoms with Gasteiger partial charge >= 0.3 is 5.97 Å². The van der Waals surface area contributed by atoms with Crippen LogP contribution in [0.1, 0.15) is 30.6 Å². The van der Waals surface area contributed by atoms with E-state index in [-0.39, 0.29) is 33.9 Å². The van der Waals surface area contributed by atoms with Crippen molar-refractivity contribution in [3.63, 3.8) is 0 Å². The zero-order chi connectivity index (χ0) is 16.2. The summed E-state index contributed by atoms with van der Waals surface area (Å²) < 4.78 is 27.6. The first-order chi connectivity index (χ1) is 9.69. The van der Waals surface area contributed by atoms with E-state index in [4.69, 9.17) is 10.2 Å². The van der Waals surface area contributed by atoms with E-state index in [2.05, 4.69) is 20.7 Å². The first-order valence-corrected chi connectivity index (χ1v) is 8.62. The van der Waals surface area contributed by atoms with Gasteiger partial charge in [-0.05, 0) is 46.5 Å². The number of nitrogens with one attached hydrogen (secondary N) is 1. The van der Waals surface area contributed by atoms with Crippen LogP contribution in [-0.2, 0) is 10.0 Å².